The molecule has 0 unspecified atom stereocenters. The van der Waals surface area contributed by atoms with Crippen molar-refractivity contribution in [1.82, 2.24) is 10.2 Å². The highest BCUT2D eigenvalue weighted by atomic mass is 79.9. The van der Waals surface area contributed by atoms with E-state index in [1.54, 1.807) is 0 Å². The van der Waals surface area contributed by atoms with Gasteiger partial charge in [0.25, 0.3) is 0 Å². The van der Waals surface area contributed by atoms with Crippen LogP contribution in [0.15, 0.2) is 46.9 Å². The van der Waals surface area contributed by atoms with E-state index in [1.165, 1.54) is 0 Å². The lowest BCUT2D eigenvalue weighted by atomic mass is 10.0. The highest BCUT2D eigenvalue weighted by molar-refractivity contribution is 9.10. The van der Waals surface area contributed by atoms with E-state index in [9.17, 15) is 0 Å². The van der Waals surface area contributed by atoms with Crippen LogP contribution in [0.2, 0.25) is 10.0 Å². The molecule has 0 spiro atoms. The number of rotatable bonds is 2. The Morgan fingerprint density at radius 3 is 2.48 bits per heavy atom. The van der Waals surface area contributed by atoms with Crippen molar-refractivity contribution in [3.05, 3.63) is 57.0 Å². The molecule has 3 N–H and O–H groups in total. The molecule has 0 atom stereocenters. The van der Waals surface area contributed by atoms with E-state index >= 15 is 0 Å². The number of hydrogen-bond acceptors (Lipinski definition) is 2. The zero-order valence-electron chi connectivity index (χ0n) is 10.7. The van der Waals surface area contributed by atoms with Crippen LogP contribution >= 0.6 is 39.1 Å². The second kappa shape index (κ2) is 5.72. The van der Waals surface area contributed by atoms with Crippen LogP contribution in [0.4, 0.5) is 5.82 Å². The van der Waals surface area contributed by atoms with Crippen LogP contribution in [0, 0.1) is 0 Å². The lowest BCUT2D eigenvalue weighted by Crippen LogP contribution is -1.90. The third kappa shape index (κ3) is 2.55. The molecule has 0 aliphatic rings. The second-order valence-electron chi connectivity index (χ2n) is 4.44. The first-order valence-corrected chi connectivity index (χ1v) is 7.67. The van der Waals surface area contributed by atoms with Gasteiger partial charge < -0.3 is 5.73 Å². The van der Waals surface area contributed by atoms with Crippen molar-refractivity contribution in [2.24, 2.45) is 0 Å². The molecule has 0 saturated carbocycles. The van der Waals surface area contributed by atoms with E-state index in [1.807, 2.05) is 42.5 Å². The van der Waals surface area contributed by atoms with Gasteiger partial charge in [-0.05, 0) is 28.1 Å². The van der Waals surface area contributed by atoms with Gasteiger partial charge in [0.05, 0.1) is 16.3 Å². The number of nitrogens with zero attached hydrogens (tertiary/aromatic N) is 1. The summed E-state index contributed by atoms with van der Waals surface area (Å²) in [5, 5.41) is 8.25. The Bertz CT molecular complexity index is 814. The van der Waals surface area contributed by atoms with Gasteiger partial charge in [-0.2, -0.15) is 5.10 Å². The molecule has 3 rings (SSSR count). The fourth-order valence-electron chi connectivity index (χ4n) is 2.18. The lowest BCUT2D eigenvalue weighted by molar-refractivity contribution is 1.10. The zero-order valence-corrected chi connectivity index (χ0v) is 13.8. The molecular weight excluding hydrogens is 373 g/mol. The Morgan fingerprint density at radius 2 is 1.71 bits per heavy atom. The molecule has 0 radical (unpaired) electrons. The molecule has 0 aliphatic carbocycles. The first-order valence-electron chi connectivity index (χ1n) is 6.12. The Kier molecular flexibility index (Phi) is 3.93. The summed E-state index contributed by atoms with van der Waals surface area (Å²) in [4.78, 5) is 0. The Balaban J connectivity index is 2.28. The maximum absolute atomic E-state index is 6.37. The molecule has 6 heteroatoms. The van der Waals surface area contributed by atoms with Crippen LogP contribution in [-0.4, -0.2) is 10.2 Å². The summed E-state index contributed by atoms with van der Waals surface area (Å²) in [5.41, 5.74) is 9.13. The predicted molar refractivity (Wildman–Crippen MR) is 91.6 cm³/mol. The van der Waals surface area contributed by atoms with Crippen molar-refractivity contribution < 1.29 is 0 Å². The predicted octanol–water partition coefficient (Wildman–Crippen LogP) is 5.40. The largest absolute Gasteiger partial charge is 0.382 e. The molecule has 2 aromatic carbocycles. The first kappa shape index (κ1) is 14.4. The van der Waals surface area contributed by atoms with Crippen LogP contribution in [0.25, 0.3) is 22.4 Å². The van der Waals surface area contributed by atoms with Crippen LogP contribution in [-0.2, 0) is 0 Å². The smallest absolute Gasteiger partial charge is 0.153 e. The number of benzene rings is 2. The number of nitrogens with one attached hydrogen (secondary N) is 1. The topological polar surface area (TPSA) is 54.7 Å². The Labute approximate surface area is 140 Å². The van der Waals surface area contributed by atoms with Gasteiger partial charge in [-0.25, -0.2) is 0 Å². The fraction of sp³-hybridized carbons (Fsp3) is 0. The third-order valence-electron chi connectivity index (χ3n) is 3.16. The van der Waals surface area contributed by atoms with Gasteiger partial charge >= 0.3 is 0 Å². The van der Waals surface area contributed by atoms with Crippen molar-refractivity contribution in [3.63, 3.8) is 0 Å². The Morgan fingerprint density at radius 1 is 1.00 bits per heavy atom. The quantitative estimate of drug-likeness (QED) is 0.623. The Hall–Kier alpha value is -1.49. The van der Waals surface area contributed by atoms with E-state index in [0.717, 1.165) is 26.9 Å². The third-order valence-corrected chi connectivity index (χ3v) is 4.78. The van der Waals surface area contributed by atoms with E-state index in [2.05, 4.69) is 26.1 Å². The van der Waals surface area contributed by atoms with Crippen molar-refractivity contribution in [3.8, 4) is 22.4 Å². The summed E-state index contributed by atoms with van der Waals surface area (Å²) in [6.45, 7) is 0. The molecule has 0 amide bonds. The highest BCUT2D eigenvalue weighted by Gasteiger charge is 2.19. The number of halogens is 3. The van der Waals surface area contributed by atoms with Crippen molar-refractivity contribution >= 4 is 44.9 Å². The number of H-pyrrole nitrogens is 1. The number of nitrogens with two attached hydrogens (primary N) is 1. The van der Waals surface area contributed by atoms with E-state index in [0.29, 0.717) is 15.9 Å². The summed E-state index contributed by atoms with van der Waals surface area (Å²) in [7, 11) is 0. The summed E-state index contributed by atoms with van der Waals surface area (Å²) in [6, 6.07) is 13.2. The standard InChI is InChI=1S/C15H10BrCl2N3/c16-10-6-3-5-9(13(10)18)14-12(15(19)21-20-14)8-4-1-2-7-11(8)17/h1-7H,(H3,19,20,21). The maximum atomic E-state index is 6.37. The molecule has 0 bridgehead atoms. The number of anilines is 1. The summed E-state index contributed by atoms with van der Waals surface area (Å²) >= 11 is 16.1. The molecule has 1 aromatic heterocycles. The molecule has 3 aromatic rings. The minimum atomic E-state index is 0.383. The SMILES string of the molecule is Nc1n[nH]c(-c2cccc(Br)c2Cl)c1-c1ccccc1Cl. The lowest BCUT2D eigenvalue weighted by Gasteiger charge is -2.09. The van der Waals surface area contributed by atoms with Crippen LogP contribution in [0.5, 0.6) is 0 Å². The van der Waals surface area contributed by atoms with Gasteiger partial charge in [-0.15, -0.1) is 0 Å². The van der Waals surface area contributed by atoms with Gasteiger partial charge in [0, 0.05) is 20.6 Å². The second-order valence-corrected chi connectivity index (χ2v) is 6.08. The maximum Gasteiger partial charge on any atom is 0.153 e. The van der Waals surface area contributed by atoms with Crippen molar-refractivity contribution in [2.45, 2.75) is 0 Å². The number of nitrogen functional groups attached to an aromatic ring is 1. The normalized spacial score (nSPS) is 10.8. The molecule has 21 heavy (non-hydrogen) atoms. The molecular formula is C15H10BrCl2N3. The van der Waals surface area contributed by atoms with Crippen LogP contribution < -0.4 is 5.73 Å². The average molecular weight is 383 g/mol. The zero-order chi connectivity index (χ0) is 15.0. The van der Waals surface area contributed by atoms with E-state index in [4.69, 9.17) is 28.9 Å². The molecule has 0 aliphatic heterocycles. The number of aromatic amines is 1. The minimum Gasteiger partial charge on any atom is -0.382 e. The van der Waals surface area contributed by atoms with Gasteiger partial charge in [0.15, 0.2) is 5.82 Å². The van der Waals surface area contributed by atoms with Crippen molar-refractivity contribution in [2.75, 3.05) is 5.73 Å². The number of aromatic nitrogens is 2. The molecule has 0 saturated heterocycles. The molecule has 1 heterocycles. The molecule has 106 valence electrons. The molecule has 0 fully saturated rings. The van der Waals surface area contributed by atoms with Crippen LogP contribution in [0.3, 0.4) is 0 Å². The minimum absolute atomic E-state index is 0.383. The van der Waals surface area contributed by atoms with Gasteiger partial charge in [-0.1, -0.05) is 53.5 Å². The summed E-state index contributed by atoms with van der Waals surface area (Å²) in [6.07, 6.45) is 0. The van der Waals surface area contributed by atoms with Gasteiger partial charge in [-0.3, -0.25) is 5.10 Å². The van der Waals surface area contributed by atoms with E-state index in [-0.39, 0.29) is 0 Å². The van der Waals surface area contributed by atoms with Gasteiger partial charge in [0.2, 0.25) is 0 Å². The van der Waals surface area contributed by atoms with Crippen molar-refractivity contribution in [1.29, 1.82) is 0 Å². The summed E-state index contributed by atoms with van der Waals surface area (Å²) in [5.74, 6) is 0.383. The summed E-state index contributed by atoms with van der Waals surface area (Å²) < 4.78 is 0.806. The molecule has 3 nitrogen and oxygen atoms in total. The van der Waals surface area contributed by atoms with E-state index < -0.39 is 0 Å². The van der Waals surface area contributed by atoms with Crippen LogP contribution in [0.1, 0.15) is 0 Å². The van der Waals surface area contributed by atoms with Gasteiger partial charge in [0.1, 0.15) is 0 Å². The monoisotopic (exact) mass is 381 g/mol. The fourth-order valence-corrected chi connectivity index (χ4v) is 3.00. The number of hydrogen-bond donors (Lipinski definition) is 2. The average Bonchev–Trinajstić information content (AvgIpc) is 2.84. The first-order chi connectivity index (χ1) is 10.1. The highest BCUT2D eigenvalue weighted by Crippen LogP contribution is 2.41.